The maximum absolute atomic E-state index is 12.7. The van der Waals surface area contributed by atoms with Gasteiger partial charge in [0.25, 0.3) is 0 Å². The van der Waals surface area contributed by atoms with Crippen molar-refractivity contribution in [2.45, 2.75) is 52.4 Å². The molecule has 0 aromatic carbocycles. The van der Waals surface area contributed by atoms with E-state index in [1.165, 1.54) is 6.42 Å². The lowest BCUT2D eigenvalue weighted by Crippen LogP contribution is -2.48. The molecule has 1 aliphatic carbocycles. The van der Waals surface area contributed by atoms with Crippen LogP contribution in [0.4, 0.5) is 0 Å². The van der Waals surface area contributed by atoms with Crippen molar-refractivity contribution in [3.63, 3.8) is 0 Å². The second kappa shape index (κ2) is 5.51. The molecule has 4 nitrogen and oxygen atoms in total. The summed E-state index contributed by atoms with van der Waals surface area (Å²) in [5, 5.41) is 9.11. The molecule has 0 radical (unpaired) electrons. The molecule has 1 saturated heterocycles. The van der Waals surface area contributed by atoms with Gasteiger partial charge in [0, 0.05) is 19.0 Å². The quantitative estimate of drug-likeness (QED) is 0.836. The summed E-state index contributed by atoms with van der Waals surface area (Å²) in [5.41, 5.74) is 0.0610. The molecular weight excluding hydrogens is 242 g/mol. The van der Waals surface area contributed by atoms with Gasteiger partial charge in [-0.05, 0) is 31.1 Å². The van der Waals surface area contributed by atoms with Gasteiger partial charge in [-0.25, -0.2) is 0 Å². The molecule has 4 heteroatoms. The van der Waals surface area contributed by atoms with E-state index in [4.69, 9.17) is 5.11 Å². The first-order valence-electron chi connectivity index (χ1n) is 7.43. The van der Waals surface area contributed by atoms with E-state index in [1.54, 1.807) is 4.90 Å². The highest BCUT2D eigenvalue weighted by Gasteiger charge is 2.40. The average molecular weight is 267 g/mol. The summed E-state index contributed by atoms with van der Waals surface area (Å²) in [6.07, 6.45) is 5.90. The van der Waals surface area contributed by atoms with Gasteiger partial charge in [0.2, 0.25) is 5.91 Å². The van der Waals surface area contributed by atoms with Crippen LogP contribution in [-0.2, 0) is 9.59 Å². The predicted octanol–water partition coefficient (Wildman–Crippen LogP) is 2.53. The fourth-order valence-corrected chi connectivity index (χ4v) is 3.55. The molecule has 2 rings (SSSR count). The number of nitrogens with zero attached hydrogens (tertiary/aromatic N) is 1. The average Bonchev–Trinajstić information content (AvgIpc) is 2.37. The molecule has 0 aromatic rings. The molecular formula is C15H25NO3. The van der Waals surface area contributed by atoms with Crippen LogP contribution in [0.15, 0.2) is 0 Å². The second-order valence-electron chi connectivity index (χ2n) is 6.75. The molecule has 19 heavy (non-hydrogen) atoms. The van der Waals surface area contributed by atoms with Crippen LogP contribution in [0.25, 0.3) is 0 Å². The first kappa shape index (κ1) is 14.4. The molecule has 1 heterocycles. The molecule has 1 amide bonds. The minimum atomic E-state index is -0.764. The number of hydrogen-bond donors (Lipinski definition) is 1. The third-order valence-corrected chi connectivity index (χ3v) is 4.89. The van der Waals surface area contributed by atoms with Gasteiger partial charge in [-0.3, -0.25) is 9.59 Å². The van der Waals surface area contributed by atoms with E-state index in [9.17, 15) is 9.59 Å². The fourth-order valence-electron chi connectivity index (χ4n) is 3.55. The van der Waals surface area contributed by atoms with Crippen LogP contribution in [0.1, 0.15) is 52.4 Å². The lowest BCUT2D eigenvalue weighted by atomic mass is 9.68. The van der Waals surface area contributed by atoms with Crippen LogP contribution in [0.5, 0.6) is 0 Å². The summed E-state index contributed by atoms with van der Waals surface area (Å²) in [7, 11) is 0. The normalized spacial score (nSPS) is 30.9. The number of aliphatic carboxylic acids is 1. The summed E-state index contributed by atoms with van der Waals surface area (Å²) in [5.74, 6) is -0.866. The van der Waals surface area contributed by atoms with E-state index >= 15 is 0 Å². The van der Waals surface area contributed by atoms with Gasteiger partial charge in [0.05, 0.1) is 5.92 Å². The zero-order valence-electron chi connectivity index (χ0n) is 12.0. The maximum Gasteiger partial charge on any atom is 0.308 e. The summed E-state index contributed by atoms with van der Waals surface area (Å²) in [6, 6.07) is 0. The molecule has 0 bridgehead atoms. The molecule has 1 N–H and O–H groups in total. The Labute approximate surface area is 115 Å². The predicted molar refractivity (Wildman–Crippen MR) is 72.7 cm³/mol. The Balaban J connectivity index is 2.04. The third-order valence-electron chi connectivity index (χ3n) is 4.89. The smallest absolute Gasteiger partial charge is 0.308 e. The number of piperidine rings is 1. The molecule has 2 fully saturated rings. The zero-order chi connectivity index (χ0) is 14.0. The van der Waals surface area contributed by atoms with Crippen LogP contribution < -0.4 is 0 Å². The SMILES string of the molecule is CC1(C)CCCCC1C(=O)N1CCC[C@@H](C(=O)O)C1. The standard InChI is InChI=1S/C15H25NO3/c1-15(2)8-4-3-7-12(15)13(17)16-9-5-6-11(10-16)14(18)19/h11-12H,3-10H2,1-2H3,(H,18,19)/t11-,12?/m1/s1. The molecule has 2 aliphatic rings. The minimum absolute atomic E-state index is 0.0610. The van der Waals surface area contributed by atoms with Crippen molar-refractivity contribution in [2.75, 3.05) is 13.1 Å². The number of carbonyl (C=O) groups excluding carboxylic acids is 1. The number of carboxylic acids is 1. The van der Waals surface area contributed by atoms with Crippen molar-refractivity contribution in [2.24, 2.45) is 17.3 Å². The Bertz CT molecular complexity index is 364. The van der Waals surface area contributed by atoms with Gasteiger partial charge in [-0.15, -0.1) is 0 Å². The first-order valence-corrected chi connectivity index (χ1v) is 7.43. The Hall–Kier alpha value is -1.06. The van der Waals surface area contributed by atoms with Crippen molar-refractivity contribution < 1.29 is 14.7 Å². The summed E-state index contributed by atoms with van der Waals surface area (Å²) < 4.78 is 0. The van der Waals surface area contributed by atoms with E-state index in [0.717, 1.165) is 32.2 Å². The Morgan fingerprint density at radius 3 is 2.53 bits per heavy atom. The van der Waals surface area contributed by atoms with Crippen LogP contribution in [0.3, 0.4) is 0 Å². The third kappa shape index (κ3) is 3.10. The van der Waals surface area contributed by atoms with Crippen LogP contribution in [0.2, 0.25) is 0 Å². The van der Waals surface area contributed by atoms with Gasteiger partial charge in [0.15, 0.2) is 0 Å². The fraction of sp³-hybridized carbons (Fsp3) is 0.867. The highest BCUT2D eigenvalue weighted by Crippen LogP contribution is 2.41. The van der Waals surface area contributed by atoms with Crippen LogP contribution in [0, 0.1) is 17.3 Å². The topological polar surface area (TPSA) is 57.6 Å². The van der Waals surface area contributed by atoms with Gasteiger partial charge in [-0.1, -0.05) is 26.7 Å². The van der Waals surface area contributed by atoms with Crippen LogP contribution in [-0.4, -0.2) is 35.0 Å². The molecule has 1 unspecified atom stereocenters. The van der Waals surface area contributed by atoms with Crippen LogP contribution >= 0.6 is 0 Å². The Kier molecular flexibility index (Phi) is 4.16. The van der Waals surface area contributed by atoms with Crippen molar-refractivity contribution in [3.05, 3.63) is 0 Å². The molecule has 1 saturated carbocycles. The van der Waals surface area contributed by atoms with Gasteiger partial charge in [0.1, 0.15) is 0 Å². The highest BCUT2D eigenvalue weighted by atomic mass is 16.4. The van der Waals surface area contributed by atoms with E-state index in [1.807, 2.05) is 0 Å². The monoisotopic (exact) mass is 267 g/mol. The Morgan fingerprint density at radius 1 is 1.16 bits per heavy atom. The number of rotatable bonds is 2. The molecule has 108 valence electrons. The summed E-state index contributed by atoms with van der Waals surface area (Å²) >= 11 is 0. The number of carbonyl (C=O) groups is 2. The van der Waals surface area contributed by atoms with Crippen molar-refractivity contribution in [3.8, 4) is 0 Å². The lowest BCUT2D eigenvalue weighted by Gasteiger charge is -2.41. The van der Waals surface area contributed by atoms with Crippen molar-refractivity contribution >= 4 is 11.9 Å². The number of likely N-dealkylation sites (tertiary alicyclic amines) is 1. The molecule has 0 spiro atoms. The summed E-state index contributed by atoms with van der Waals surface area (Å²) in [6.45, 7) is 5.48. The number of amides is 1. The second-order valence-corrected chi connectivity index (χ2v) is 6.75. The van der Waals surface area contributed by atoms with Gasteiger partial charge >= 0.3 is 5.97 Å². The number of hydrogen-bond acceptors (Lipinski definition) is 2. The van der Waals surface area contributed by atoms with Crippen molar-refractivity contribution in [1.82, 2.24) is 4.90 Å². The van der Waals surface area contributed by atoms with E-state index in [-0.39, 0.29) is 23.2 Å². The van der Waals surface area contributed by atoms with E-state index in [0.29, 0.717) is 13.0 Å². The molecule has 2 atom stereocenters. The minimum Gasteiger partial charge on any atom is -0.481 e. The van der Waals surface area contributed by atoms with Gasteiger partial charge < -0.3 is 10.0 Å². The Morgan fingerprint density at radius 2 is 1.89 bits per heavy atom. The lowest BCUT2D eigenvalue weighted by molar-refractivity contribution is -0.149. The van der Waals surface area contributed by atoms with Gasteiger partial charge in [-0.2, -0.15) is 0 Å². The maximum atomic E-state index is 12.7. The number of carboxylic acid groups (broad SMARTS) is 1. The zero-order valence-corrected chi connectivity index (χ0v) is 12.0. The largest absolute Gasteiger partial charge is 0.481 e. The molecule has 0 aromatic heterocycles. The van der Waals surface area contributed by atoms with Crippen molar-refractivity contribution in [1.29, 1.82) is 0 Å². The van der Waals surface area contributed by atoms with E-state index < -0.39 is 5.97 Å². The van der Waals surface area contributed by atoms with E-state index in [2.05, 4.69) is 13.8 Å². The molecule has 1 aliphatic heterocycles. The first-order chi connectivity index (χ1) is 8.92. The highest BCUT2D eigenvalue weighted by molar-refractivity contribution is 5.81. The summed E-state index contributed by atoms with van der Waals surface area (Å²) in [4.78, 5) is 25.6.